The lowest BCUT2D eigenvalue weighted by atomic mass is 9.97. The molecule has 0 radical (unpaired) electrons. The molecule has 2 atom stereocenters. The summed E-state index contributed by atoms with van der Waals surface area (Å²) in [5.41, 5.74) is 0.597. The summed E-state index contributed by atoms with van der Waals surface area (Å²) >= 11 is 0. The minimum absolute atomic E-state index is 0.305. The van der Waals surface area contributed by atoms with Crippen LogP contribution in [0.5, 0.6) is 0 Å². The monoisotopic (exact) mass is 432 g/mol. The Kier molecular flexibility index (Phi) is 6.58. The van der Waals surface area contributed by atoms with Crippen molar-refractivity contribution >= 4 is 5.69 Å². The predicted octanol–water partition coefficient (Wildman–Crippen LogP) is 5.95. The van der Waals surface area contributed by atoms with Crippen LogP contribution >= 0.6 is 0 Å². The van der Waals surface area contributed by atoms with Gasteiger partial charge in [0.2, 0.25) is 0 Å². The second-order valence-electron chi connectivity index (χ2n) is 8.97. The van der Waals surface area contributed by atoms with Crippen molar-refractivity contribution in [1.29, 1.82) is 0 Å². The molecular formula is C25H31F3N2O. The third-order valence-electron chi connectivity index (χ3n) is 6.69. The van der Waals surface area contributed by atoms with Crippen molar-refractivity contribution in [1.82, 2.24) is 4.90 Å². The van der Waals surface area contributed by atoms with E-state index in [1.165, 1.54) is 12.1 Å². The molecule has 4 rings (SSSR count). The highest BCUT2D eigenvalue weighted by molar-refractivity contribution is 5.55. The highest BCUT2D eigenvalue weighted by Gasteiger charge is 2.39. The molecular weight excluding hydrogens is 401 g/mol. The Morgan fingerprint density at radius 3 is 2.52 bits per heavy atom. The topological polar surface area (TPSA) is 15.7 Å². The van der Waals surface area contributed by atoms with Gasteiger partial charge < -0.3 is 9.64 Å². The van der Waals surface area contributed by atoms with Gasteiger partial charge in [-0.2, -0.15) is 13.2 Å². The van der Waals surface area contributed by atoms with Crippen LogP contribution in [-0.4, -0.2) is 36.8 Å². The van der Waals surface area contributed by atoms with Crippen molar-refractivity contribution < 1.29 is 17.9 Å². The molecule has 0 spiro atoms. The van der Waals surface area contributed by atoms with Gasteiger partial charge in [0, 0.05) is 31.9 Å². The van der Waals surface area contributed by atoms with Gasteiger partial charge in [0.05, 0.1) is 12.2 Å². The third-order valence-corrected chi connectivity index (χ3v) is 6.69. The summed E-state index contributed by atoms with van der Waals surface area (Å²) < 4.78 is 46.8. The van der Waals surface area contributed by atoms with Gasteiger partial charge in [-0.3, -0.25) is 4.90 Å². The minimum atomic E-state index is -4.33. The van der Waals surface area contributed by atoms with E-state index < -0.39 is 11.7 Å². The number of likely N-dealkylation sites (tertiary alicyclic amines) is 1. The fourth-order valence-electron chi connectivity index (χ4n) is 4.91. The number of anilines is 1. The molecule has 2 fully saturated rings. The Bertz CT molecular complexity index is 857. The summed E-state index contributed by atoms with van der Waals surface area (Å²) in [5, 5.41) is 0. The molecule has 0 N–H and O–H groups in total. The van der Waals surface area contributed by atoms with E-state index in [1.54, 1.807) is 12.1 Å². The van der Waals surface area contributed by atoms with Crippen LogP contribution in [-0.2, 0) is 17.5 Å². The molecule has 0 aliphatic carbocycles. The summed E-state index contributed by atoms with van der Waals surface area (Å²) in [4.78, 5) is 4.32. The van der Waals surface area contributed by atoms with E-state index in [0.29, 0.717) is 31.3 Å². The van der Waals surface area contributed by atoms with Crippen LogP contribution in [0.3, 0.4) is 0 Å². The van der Waals surface area contributed by atoms with Gasteiger partial charge in [-0.25, -0.2) is 0 Å². The highest BCUT2D eigenvalue weighted by atomic mass is 19.4. The van der Waals surface area contributed by atoms with Crippen LogP contribution in [0.15, 0.2) is 54.6 Å². The zero-order valence-electron chi connectivity index (χ0n) is 18.1. The quantitative estimate of drug-likeness (QED) is 0.561. The fraction of sp³-hybridized carbons (Fsp3) is 0.520. The summed E-state index contributed by atoms with van der Waals surface area (Å²) in [5.74, 6) is 0.332. The maximum absolute atomic E-state index is 13.4. The zero-order valence-corrected chi connectivity index (χ0v) is 18.1. The second kappa shape index (κ2) is 9.21. The number of hydrogen-bond donors (Lipinski definition) is 0. The van der Waals surface area contributed by atoms with Crippen molar-refractivity contribution in [3.05, 3.63) is 65.7 Å². The van der Waals surface area contributed by atoms with Gasteiger partial charge in [0.25, 0.3) is 0 Å². The van der Waals surface area contributed by atoms with Crippen LogP contribution in [0.25, 0.3) is 0 Å². The van der Waals surface area contributed by atoms with Crippen molar-refractivity contribution in [3.63, 3.8) is 0 Å². The SMILES string of the molecule is CC1(OCc2ccccc2)CCCCN1C[C@@H]1CCN(c2ccccc2C(F)(F)F)C1. The lowest BCUT2D eigenvalue weighted by molar-refractivity contribution is -0.174. The maximum atomic E-state index is 13.4. The lowest BCUT2D eigenvalue weighted by Gasteiger charge is -2.45. The first-order valence-electron chi connectivity index (χ1n) is 11.2. The molecule has 0 amide bonds. The number of benzene rings is 2. The number of para-hydroxylation sites is 1. The molecule has 0 bridgehead atoms. The van der Waals surface area contributed by atoms with E-state index in [-0.39, 0.29) is 5.72 Å². The molecule has 2 heterocycles. The van der Waals surface area contributed by atoms with Crippen molar-refractivity contribution in [2.45, 2.75) is 51.1 Å². The molecule has 2 aliphatic rings. The molecule has 2 aliphatic heterocycles. The van der Waals surface area contributed by atoms with Crippen LogP contribution < -0.4 is 4.90 Å². The van der Waals surface area contributed by atoms with Gasteiger partial charge >= 0.3 is 6.18 Å². The molecule has 31 heavy (non-hydrogen) atoms. The Balaban J connectivity index is 1.40. The van der Waals surface area contributed by atoms with Crippen molar-refractivity contribution in [2.24, 2.45) is 5.92 Å². The van der Waals surface area contributed by atoms with Crippen molar-refractivity contribution in [3.8, 4) is 0 Å². The van der Waals surface area contributed by atoms with E-state index >= 15 is 0 Å². The summed E-state index contributed by atoms with van der Waals surface area (Å²) in [6.07, 6.45) is -0.175. The molecule has 3 nitrogen and oxygen atoms in total. The van der Waals surface area contributed by atoms with Gasteiger partial charge in [-0.05, 0) is 56.2 Å². The number of piperidine rings is 1. The highest BCUT2D eigenvalue weighted by Crippen LogP contribution is 2.39. The van der Waals surface area contributed by atoms with E-state index in [2.05, 4.69) is 24.0 Å². The zero-order chi connectivity index (χ0) is 21.9. The number of hydrogen-bond acceptors (Lipinski definition) is 3. The van der Waals surface area contributed by atoms with Crippen LogP contribution in [0.4, 0.5) is 18.9 Å². The Hall–Kier alpha value is -2.05. The lowest BCUT2D eigenvalue weighted by Crippen LogP contribution is -2.53. The van der Waals surface area contributed by atoms with E-state index in [1.807, 2.05) is 23.1 Å². The number of halogens is 3. The first-order valence-corrected chi connectivity index (χ1v) is 11.2. The molecule has 2 aromatic rings. The number of ether oxygens (including phenoxy) is 1. The smallest absolute Gasteiger partial charge is 0.371 e. The van der Waals surface area contributed by atoms with Gasteiger partial charge in [0.15, 0.2) is 0 Å². The summed E-state index contributed by atoms with van der Waals surface area (Å²) in [6.45, 7) is 5.88. The average molecular weight is 433 g/mol. The molecule has 2 aromatic carbocycles. The standard InChI is InChI=1S/C25H31F3N2O/c1-24(31-19-20-9-3-2-4-10-20)14-7-8-15-30(24)18-21-13-16-29(17-21)23-12-6-5-11-22(23)25(26,27)28/h2-6,9-12,21H,7-8,13-19H2,1H3/t21-,24?/m1/s1. The molecule has 6 heteroatoms. The van der Waals surface area contributed by atoms with Gasteiger partial charge in [-0.1, -0.05) is 42.5 Å². The van der Waals surface area contributed by atoms with E-state index in [0.717, 1.165) is 44.3 Å². The second-order valence-corrected chi connectivity index (χ2v) is 8.97. The Labute approximate surface area is 182 Å². The first-order chi connectivity index (χ1) is 14.9. The minimum Gasteiger partial charge on any atom is -0.371 e. The fourth-order valence-corrected chi connectivity index (χ4v) is 4.91. The average Bonchev–Trinajstić information content (AvgIpc) is 3.23. The molecule has 0 saturated carbocycles. The van der Waals surface area contributed by atoms with Crippen LogP contribution in [0, 0.1) is 5.92 Å². The first kappa shape index (κ1) is 22.2. The molecule has 168 valence electrons. The van der Waals surface area contributed by atoms with Crippen LogP contribution in [0.1, 0.15) is 43.7 Å². The predicted molar refractivity (Wildman–Crippen MR) is 117 cm³/mol. The van der Waals surface area contributed by atoms with E-state index in [9.17, 15) is 13.2 Å². The number of nitrogens with zero attached hydrogens (tertiary/aromatic N) is 2. The molecule has 0 aromatic heterocycles. The molecule has 2 saturated heterocycles. The Morgan fingerprint density at radius 1 is 1.00 bits per heavy atom. The van der Waals surface area contributed by atoms with Crippen LogP contribution in [0.2, 0.25) is 0 Å². The number of alkyl halides is 3. The van der Waals surface area contributed by atoms with Crippen molar-refractivity contribution in [2.75, 3.05) is 31.1 Å². The summed E-state index contributed by atoms with van der Waals surface area (Å²) in [6, 6.07) is 16.1. The molecule has 1 unspecified atom stereocenters. The summed E-state index contributed by atoms with van der Waals surface area (Å²) in [7, 11) is 0. The Morgan fingerprint density at radius 2 is 1.74 bits per heavy atom. The maximum Gasteiger partial charge on any atom is 0.418 e. The largest absolute Gasteiger partial charge is 0.418 e. The third kappa shape index (κ3) is 5.24. The van der Waals surface area contributed by atoms with Gasteiger partial charge in [0.1, 0.15) is 5.72 Å². The number of rotatable bonds is 6. The normalized spacial score (nSPS) is 25.2. The van der Waals surface area contributed by atoms with Gasteiger partial charge in [-0.15, -0.1) is 0 Å². The van der Waals surface area contributed by atoms with E-state index in [4.69, 9.17) is 4.74 Å².